The summed E-state index contributed by atoms with van der Waals surface area (Å²) in [5.74, 6) is 1.81. The van der Waals surface area contributed by atoms with Crippen molar-refractivity contribution in [3.8, 4) is 11.4 Å². The first-order valence-corrected chi connectivity index (χ1v) is 10.9. The number of carbonyl (C=O) groups is 1. The monoisotopic (exact) mass is 414 g/mol. The molecular weight excluding hydrogens is 392 g/mol. The molecule has 2 aromatic heterocycles. The third-order valence-electron chi connectivity index (χ3n) is 5.43. The fourth-order valence-electron chi connectivity index (χ4n) is 3.84. The van der Waals surface area contributed by atoms with Gasteiger partial charge in [0.15, 0.2) is 5.82 Å². The highest BCUT2D eigenvalue weighted by molar-refractivity contribution is 7.13. The predicted molar refractivity (Wildman–Crippen MR) is 122 cm³/mol. The average Bonchev–Trinajstić information content (AvgIpc) is 3.25. The van der Waals surface area contributed by atoms with Gasteiger partial charge in [-0.2, -0.15) is 0 Å². The van der Waals surface area contributed by atoms with Gasteiger partial charge in [0.2, 0.25) is 0 Å². The van der Waals surface area contributed by atoms with Crippen LogP contribution in [0.25, 0.3) is 22.3 Å². The summed E-state index contributed by atoms with van der Waals surface area (Å²) in [4.78, 5) is 28.7. The van der Waals surface area contributed by atoms with Gasteiger partial charge in [0.1, 0.15) is 5.82 Å². The largest absolute Gasteiger partial charge is 0.352 e. The molecule has 1 aliphatic heterocycles. The van der Waals surface area contributed by atoms with E-state index in [1.807, 2.05) is 72.5 Å². The molecule has 5 nitrogen and oxygen atoms in total. The number of benzene rings is 2. The Hall–Kier alpha value is -3.25. The second kappa shape index (κ2) is 7.88. The molecule has 30 heavy (non-hydrogen) atoms. The first-order chi connectivity index (χ1) is 14.7. The minimum absolute atomic E-state index is 0.130. The number of fused-ring (bicyclic) bond motifs is 1. The Kier molecular flexibility index (Phi) is 4.93. The van der Waals surface area contributed by atoms with Crippen molar-refractivity contribution in [2.45, 2.75) is 6.92 Å². The minimum Gasteiger partial charge on any atom is -0.352 e. The van der Waals surface area contributed by atoms with Gasteiger partial charge in [-0.3, -0.25) is 4.79 Å². The zero-order valence-electron chi connectivity index (χ0n) is 16.8. The lowest BCUT2D eigenvalue weighted by molar-refractivity contribution is 0.0751. The molecule has 0 bridgehead atoms. The van der Waals surface area contributed by atoms with Crippen molar-refractivity contribution in [1.29, 1.82) is 0 Å². The van der Waals surface area contributed by atoms with E-state index >= 15 is 0 Å². The molecule has 1 amide bonds. The number of rotatable bonds is 3. The van der Waals surface area contributed by atoms with Crippen LogP contribution in [0.2, 0.25) is 0 Å². The lowest BCUT2D eigenvalue weighted by Crippen LogP contribution is -2.49. The molecule has 0 N–H and O–H groups in total. The van der Waals surface area contributed by atoms with Crippen LogP contribution in [0.15, 0.2) is 66.7 Å². The average molecular weight is 415 g/mol. The van der Waals surface area contributed by atoms with Crippen LogP contribution in [0.3, 0.4) is 0 Å². The van der Waals surface area contributed by atoms with E-state index in [9.17, 15) is 4.79 Å². The van der Waals surface area contributed by atoms with Crippen LogP contribution in [-0.2, 0) is 0 Å². The molecule has 5 rings (SSSR count). The fraction of sp³-hybridized carbons (Fsp3) is 0.208. The van der Waals surface area contributed by atoms with E-state index in [1.165, 1.54) is 0 Å². The Morgan fingerprint density at radius 3 is 2.33 bits per heavy atom. The number of thiophene rings is 1. The van der Waals surface area contributed by atoms with Gasteiger partial charge >= 0.3 is 0 Å². The summed E-state index contributed by atoms with van der Waals surface area (Å²) in [5, 5.41) is 1.05. The highest BCUT2D eigenvalue weighted by Crippen LogP contribution is 2.28. The third kappa shape index (κ3) is 3.55. The Bertz CT molecular complexity index is 1200. The van der Waals surface area contributed by atoms with Crippen LogP contribution >= 0.6 is 11.3 Å². The molecule has 3 heterocycles. The third-order valence-corrected chi connectivity index (χ3v) is 6.42. The topological polar surface area (TPSA) is 49.3 Å². The van der Waals surface area contributed by atoms with Crippen molar-refractivity contribution in [2.24, 2.45) is 0 Å². The number of carbonyl (C=O) groups excluding carboxylic acids is 1. The lowest BCUT2D eigenvalue weighted by atomic mass is 10.1. The highest BCUT2D eigenvalue weighted by atomic mass is 32.1. The molecule has 0 radical (unpaired) electrons. The molecule has 6 heteroatoms. The molecule has 150 valence electrons. The van der Waals surface area contributed by atoms with E-state index in [2.05, 4.69) is 11.0 Å². The summed E-state index contributed by atoms with van der Waals surface area (Å²) in [7, 11) is 0. The summed E-state index contributed by atoms with van der Waals surface area (Å²) < 4.78 is 0. The van der Waals surface area contributed by atoms with Crippen LogP contribution in [-0.4, -0.2) is 47.0 Å². The second-order valence-electron chi connectivity index (χ2n) is 7.44. The number of amides is 1. The van der Waals surface area contributed by atoms with E-state index < -0.39 is 0 Å². The predicted octanol–water partition coefficient (Wildman–Crippen LogP) is 4.63. The van der Waals surface area contributed by atoms with Crippen LogP contribution in [0.1, 0.15) is 14.5 Å². The fourth-order valence-corrected chi connectivity index (χ4v) is 4.68. The van der Waals surface area contributed by atoms with Gasteiger partial charge in [-0.25, -0.2) is 9.97 Å². The maximum atomic E-state index is 12.8. The standard InChI is InChI=1S/C24H22N4OS/c1-17-11-12-21(30-17)24(29)28-15-13-27(14-16-28)23-19-9-5-6-10-20(19)25-22(26-23)18-7-3-2-4-8-18/h2-12H,13-16H2,1H3. The van der Waals surface area contributed by atoms with E-state index in [0.29, 0.717) is 13.1 Å². The number of hydrogen-bond donors (Lipinski definition) is 0. The normalized spacial score (nSPS) is 14.3. The van der Waals surface area contributed by atoms with Crippen molar-refractivity contribution in [2.75, 3.05) is 31.1 Å². The summed E-state index contributed by atoms with van der Waals surface area (Å²) >= 11 is 1.56. The summed E-state index contributed by atoms with van der Waals surface area (Å²) in [6, 6.07) is 22.2. The highest BCUT2D eigenvalue weighted by Gasteiger charge is 2.25. The molecule has 1 aliphatic rings. The van der Waals surface area contributed by atoms with Gasteiger partial charge < -0.3 is 9.80 Å². The second-order valence-corrected chi connectivity index (χ2v) is 8.73. The molecule has 1 fully saturated rings. The van der Waals surface area contributed by atoms with Gasteiger partial charge in [0.05, 0.1) is 10.4 Å². The number of hydrogen-bond acceptors (Lipinski definition) is 5. The number of nitrogens with zero attached hydrogens (tertiary/aromatic N) is 4. The van der Waals surface area contributed by atoms with Gasteiger partial charge in [0.25, 0.3) is 5.91 Å². The van der Waals surface area contributed by atoms with Crippen molar-refractivity contribution < 1.29 is 4.79 Å². The van der Waals surface area contributed by atoms with Crippen molar-refractivity contribution >= 4 is 34.0 Å². The Balaban J connectivity index is 1.43. The summed E-state index contributed by atoms with van der Waals surface area (Å²) in [5.41, 5.74) is 1.94. The Labute approximate surface area is 179 Å². The first-order valence-electron chi connectivity index (χ1n) is 10.1. The van der Waals surface area contributed by atoms with Crippen LogP contribution < -0.4 is 4.90 Å². The quantitative estimate of drug-likeness (QED) is 0.490. The lowest BCUT2D eigenvalue weighted by Gasteiger charge is -2.35. The Morgan fingerprint density at radius 1 is 0.867 bits per heavy atom. The van der Waals surface area contributed by atoms with Crippen molar-refractivity contribution in [3.63, 3.8) is 0 Å². The van der Waals surface area contributed by atoms with Crippen LogP contribution in [0.4, 0.5) is 5.82 Å². The molecule has 0 atom stereocenters. The van der Waals surface area contributed by atoms with Crippen LogP contribution in [0.5, 0.6) is 0 Å². The zero-order chi connectivity index (χ0) is 20.5. The number of para-hydroxylation sites is 1. The molecule has 1 saturated heterocycles. The first kappa shape index (κ1) is 18.8. The minimum atomic E-state index is 0.130. The van der Waals surface area contributed by atoms with Gasteiger partial charge in [-0.05, 0) is 31.2 Å². The number of aromatic nitrogens is 2. The van der Waals surface area contributed by atoms with E-state index in [0.717, 1.165) is 51.0 Å². The number of aryl methyl sites for hydroxylation is 1. The Morgan fingerprint density at radius 2 is 1.60 bits per heavy atom. The van der Waals surface area contributed by atoms with E-state index in [-0.39, 0.29) is 5.91 Å². The molecule has 0 spiro atoms. The number of anilines is 1. The molecule has 0 aliphatic carbocycles. The van der Waals surface area contributed by atoms with Crippen molar-refractivity contribution in [3.05, 3.63) is 76.5 Å². The maximum Gasteiger partial charge on any atom is 0.264 e. The summed E-state index contributed by atoms with van der Waals surface area (Å²) in [6.45, 7) is 4.92. The molecule has 0 saturated carbocycles. The van der Waals surface area contributed by atoms with Gasteiger partial charge in [-0.1, -0.05) is 42.5 Å². The van der Waals surface area contributed by atoms with E-state index in [4.69, 9.17) is 9.97 Å². The number of piperazine rings is 1. The molecule has 0 unspecified atom stereocenters. The van der Waals surface area contributed by atoms with Gasteiger partial charge in [-0.15, -0.1) is 11.3 Å². The van der Waals surface area contributed by atoms with Gasteiger partial charge in [0, 0.05) is 42.0 Å². The van der Waals surface area contributed by atoms with Crippen LogP contribution in [0, 0.1) is 6.92 Å². The van der Waals surface area contributed by atoms with Crippen molar-refractivity contribution in [1.82, 2.24) is 14.9 Å². The van der Waals surface area contributed by atoms with E-state index in [1.54, 1.807) is 11.3 Å². The summed E-state index contributed by atoms with van der Waals surface area (Å²) in [6.07, 6.45) is 0. The zero-order valence-corrected chi connectivity index (χ0v) is 17.6. The molecular formula is C24H22N4OS. The molecule has 2 aromatic carbocycles. The smallest absolute Gasteiger partial charge is 0.264 e. The SMILES string of the molecule is Cc1ccc(C(=O)N2CCN(c3nc(-c4ccccc4)nc4ccccc34)CC2)s1. The maximum absolute atomic E-state index is 12.8. The molecule has 4 aromatic rings.